The lowest BCUT2D eigenvalue weighted by Gasteiger charge is -1.86. The van der Waals surface area contributed by atoms with Crippen molar-refractivity contribution in [3.8, 4) is 0 Å². The van der Waals surface area contributed by atoms with Crippen LogP contribution in [0.3, 0.4) is 0 Å². The van der Waals surface area contributed by atoms with E-state index >= 15 is 0 Å². The second-order valence-corrected chi connectivity index (χ2v) is 1.74. The lowest BCUT2D eigenvalue weighted by atomic mass is 10.4. The van der Waals surface area contributed by atoms with Gasteiger partial charge in [-0.1, -0.05) is 6.57 Å². The molecular weight excluding hydrogens is 130 g/mol. The zero-order valence-electron chi connectivity index (χ0n) is 5.01. The number of carbonyl (C=O) groups excluding carboxylic acids is 1. The maximum Gasteiger partial charge on any atom is 0.284 e. The second-order valence-electron chi connectivity index (χ2n) is 1.74. The molecule has 1 aliphatic heterocycles. The van der Waals surface area contributed by atoms with Crippen molar-refractivity contribution < 1.29 is 4.79 Å². The van der Waals surface area contributed by atoms with E-state index in [1.54, 1.807) is 0 Å². The highest BCUT2D eigenvalue weighted by molar-refractivity contribution is 5.85. The van der Waals surface area contributed by atoms with Crippen LogP contribution in [0.1, 0.15) is 6.42 Å². The quantitative estimate of drug-likeness (QED) is 0.480. The molecule has 0 atom stereocenters. The van der Waals surface area contributed by atoms with Crippen LogP contribution in [0.25, 0.3) is 9.69 Å². The number of hydrogen-bond donors (Lipinski definition) is 1. The number of carbonyl (C=O) groups is 1. The van der Waals surface area contributed by atoms with Crippen LogP contribution in [0.15, 0.2) is 11.5 Å². The summed E-state index contributed by atoms with van der Waals surface area (Å²) in [6.45, 7) is 13.1. The summed E-state index contributed by atoms with van der Waals surface area (Å²) in [4.78, 5) is 16.5. The molecule has 0 fully saturated rings. The molecule has 4 heteroatoms. The Hall–Kier alpha value is -1.81. The summed E-state index contributed by atoms with van der Waals surface area (Å²) in [6.07, 6.45) is 0.0568. The van der Waals surface area contributed by atoms with Crippen LogP contribution >= 0.6 is 0 Å². The van der Waals surface area contributed by atoms with E-state index in [0.717, 1.165) is 0 Å². The molecule has 0 bridgehead atoms. The van der Waals surface area contributed by atoms with Crippen LogP contribution in [0.2, 0.25) is 0 Å². The van der Waals surface area contributed by atoms with Crippen molar-refractivity contribution in [3.63, 3.8) is 0 Å². The molecule has 4 nitrogen and oxygen atoms in total. The van der Waals surface area contributed by atoms with Crippen molar-refractivity contribution >= 4 is 5.91 Å². The molecule has 1 rings (SSSR count). The molecule has 10 heavy (non-hydrogen) atoms. The maximum atomic E-state index is 10.5. The Labute approximate surface area is 57.8 Å². The first kappa shape index (κ1) is 6.31. The van der Waals surface area contributed by atoms with Gasteiger partial charge in [0.15, 0.2) is 5.70 Å². The topological polar surface area (TPSA) is 37.8 Å². The van der Waals surface area contributed by atoms with Gasteiger partial charge in [0, 0.05) is 0 Å². The van der Waals surface area contributed by atoms with E-state index in [-0.39, 0.29) is 23.8 Å². The fourth-order valence-electron chi connectivity index (χ4n) is 0.669. The summed E-state index contributed by atoms with van der Waals surface area (Å²) in [7, 11) is 0. The Kier molecular flexibility index (Phi) is 1.39. The van der Waals surface area contributed by atoms with Gasteiger partial charge >= 0.3 is 0 Å². The van der Waals surface area contributed by atoms with Crippen molar-refractivity contribution in [3.05, 3.63) is 34.4 Å². The van der Waals surface area contributed by atoms with Gasteiger partial charge < -0.3 is 4.85 Å². The fraction of sp³-hybridized carbons (Fsp3) is 0.167. The van der Waals surface area contributed by atoms with E-state index in [4.69, 9.17) is 13.1 Å². The third-order valence-electron chi connectivity index (χ3n) is 1.11. The smallest absolute Gasteiger partial charge is 0.284 e. The molecule has 0 aliphatic carbocycles. The van der Waals surface area contributed by atoms with Crippen molar-refractivity contribution in [2.75, 3.05) is 0 Å². The Balaban J connectivity index is 2.97. The zero-order chi connectivity index (χ0) is 7.56. The fourth-order valence-corrected chi connectivity index (χ4v) is 0.669. The van der Waals surface area contributed by atoms with Crippen molar-refractivity contribution in [2.24, 2.45) is 0 Å². The predicted octanol–water partition coefficient (Wildman–Crippen LogP) is 0.514. The monoisotopic (exact) mass is 133 g/mol. The minimum Gasteiger partial charge on any atom is -0.375 e. The first-order valence-electron chi connectivity index (χ1n) is 2.56. The molecule has 1 amide bonds. The summed E-state index contributed by atoms with van der Waals surface area (Å²) in [5, 5.41) is 2.28. The highest BCUT2D eigenvalue weighted by atomic mass is 16.1. The summed E-state index contributed by atoms with van der Waals surface area (Å²) < 4.78 is 0. The Morgan fingerprint density at radius 1 is 1.40 bits per heavy atom. The summed E-state index contributed by atoms with van der Waals surface area (Å²) in [6, 6.07) is 0. The number of amides is 1. The van der Waals surface area contributed by atoms with Crippen LogP contribution in [0.4, 0.5) is 0 Å². The van der Waals surface area contributed by atoms with Crippen molar-refractivity contribution in [2.45, 2.75) is 6.42 Å². The zero-order valence-corrected chi connectivity index (χ0v) is 5.01. The van der Waals surface area contributed by atoms with Gasteiger partial charge in [0.1, 0.15) is 0 Å². The van der Waals surface area contributed by atoms with Crippen LogP contribution in [0, 0.1) is 13.1 Å². The van der Waals surface area contributed by atoms with Crippen LogP contribution < -0.4 is 5.32 Å². The van der Waals surface area contributed by atoms with E-state index in [1.165, 1.54) is 0 Å². The Bertz CT molecular complexity index is 261. The predicted molar refractivity (Wildman–Crippen MR) is 33.0 cm³/mol. The van der Waals surface area contributed by atoms with Gasteiger partial charge in [-0.2, -0.15) is 0 Å². The van der Waals surface area contributed by atoms with Gasteiger partial charge in [-0.05, 0) is 0 Å². The molecule has 0 aromatic carbocycles. The number of nitrogens with zero attached hydrogens (tertiary/aromatic N) is 2. The van der Waals surface area contributed by atoms with E-state index < -0.39 is 0 Å². The largest absolute Gasteiger partial charge is 0.375 e. The highest BCUT2D eigenvalue weighted by Crippen LogP contribution is 2.15. The van der Waals surface area contributed by atoms with E-state index in [2.05, 4.69) is 15.0 Å². The van der Waals surface area contributed by atoms with Crippen molar-refractivity contribution in [1.82, 2.24) is 5.32 Å². The molecule has 48 valence electrons. The number of rotatable bonds is 0. The molecule has 0 spiro atoms. The van der Waals surface area contributed by atoms with Gasteiger partial charge in [0.25, 0.3) is 5.91 Å². The number of hydrogen-bond acceptors (Lipinski definition) is 1. The average molecular weight is 133 g/mol. The first-order valence-corrected chi connectivity index (χ1v) is 2.56. The molecule has 0 saturated carbocycles. The third-order valence-corrected chi connectivity index (χ3v) is 1.11. The molecule has 0 unspecified atom stereocenters. The highest BCUT2D eigenvalue weighted by Gasteiger charge is 2.22. The van der Waals surface area contributed by atoms with Gasteiger partial charge in [-0.3, -0.25) is 10.2 Å². The SMILES string of the molecule is [C-]#[N+]C1=C([N+]#[C-])NC(=O)C1. The lowest BCUT2D eigenvalue weighted by molar-refractivity contribution is -0.118. The molecule has 0 saturated heterocycles. The number of nitrogens with one attached hydrogen (secondary N) is 1. The second kappa shape index (κ2) is 2.20. The summed E-state index contributed by atoms with van der Waals surface area (Å²) in [5.74, 6) is -0.183. The Morgan fingerprint density at radius 2 is 2.10 bits per heavy atom. The summed E-state index contributed by atoms with van der Waals surface area (Å²) in [5.41, 5.74) is 0.222. The maximum absolute atomic E-state index is 10.5. The van der Waals surface area contributed by atoms with Crippen LogP contribution in [-0.4, -0.2) is 5.91 Å². The molecule has 0 aromatic rings. The molecule has 1 heterocycles. The molecule has 0 aromatic heterocycles. The first-order chi connectivity index (χ1) is 4.77. The molecular formula is C6H3N3O. The van der Waals surface area contributed by atoms with E-state index in [1.807, 2.05) is 0 Å². The standard InChI is InChI=1S/C6H3N3O/c1-7-4-3-5(10)9-6(4)8-2/h3H2,(H,9,10). The van der Waals surface area contributed by atoms with Gasteiger partial charge in [0.2, 0.25) is 5.82 Å². The van der Waals surface area contributed by atoms with Crippen LogP contribution in [-0.2, 0) is 4.79 Å². The molecule has 1 N–H and O–H groups in total. The van der Waals surface area contributed by atoms with E-state index in [9.17, 15) is 4.79 Å². The average Bonchev–Trinajstić information content (AvgIpc) is 2.30. The minimum absolute atomic E-state index is 0.0568. The lowest BCUT2D eigenvalue weighted by Crippen LogP contribution is -2.12. The van der Waals surface area contributed by atoms with Gasteiger partial charge in [-0.25, -0.2) is 4.79 Å². The third kappa shape index (κ3) is 0.828. The molecule has 0 radical (unpaired) electrons. The molecule has 1 aliphatic rings. The van der Waals surface area contributed by atoms with E-state index in [0.29, 0.717) is 0 Å². The minimum atomic E-state index is -0.267. The van der Waals surface area contributed by atoms with Crippen molar-refractivity contribution in [1.29, 1.82) is 0 Å². The van der Waals surface area contributed by atoms with Crippen LogP contribution in [0.5, 0.6) is 0 Å². The van der Waals surface area contributed by atoms with Gasteiger partial charge in [-0.15, -0.1) is 0 Å². The Morgan fingerprint density at radius 3 is 2.50 bits per heavy atom. The summed E-state index contributed by atoms with van der Waals surface area (Å²) >= 11 is 0. The normalized spacial score (nSPS) is 16.0. The van der Waals surface area contributed by atoms with Gasteiger partial charge in [0.05, 0.1) is 13.0 Å².